The van der Waals surface area contributed by atoms with Gasteiger partial charge in [0.15, 0.2) is 18.4 Å². The second kappa shape index (κ2) is 19.8. The van der Waals surface area contributed by atoms with Crippen molar-refractivity contribution >= 4 is 5.97 Å². The molecule has 6 heterocycles. The van der Waals surface area contributed by atoms with Gasteiger partial charge < -0.3 is 62.7 Å². The highest BCUT2D eigenvalue weighted by Gasteiger charge is 2.60. The van der Waals surface area contributed by atoms with Gasteiger partial charge >= 0.3 is 5.97 Å². The molecule has 0 saturated carbocycles. The summed E-state index contributed by atoms with van der Waals surface area (Å²) in [5, 5.41) is 34.2. The minimum atomic E-state index is -1.82. The van der Waals surface area contributed by atoms with E-state index in [1.807, 2.05) is 19.1 Å². The molecule has 350 valence electrons. The van der Waals surface area contributed by atoms with Gasteiger partial charge in [0.2, 0.25) is 0 Å². The molecular weight excluding hydrogens is 801 g/mol. The average Bonchev–Trinajstić information content (AvgIpc) is 3.58. The molecule has 0 amide bonds. The molecule has 7 rings (SSSR count). The Labute approximate surface area is 368 Å². The van der Waals surface area contributed by atoms with Crippen molar-refractivity contribution in [3.8, 4) is 0 Å². The number of hydrogen-bond acceptors (Lipinski definition) is 14. The third kappa shape index (κ3) is 9.73. The van der Waals surface area contributed by atoms with Crippen LogP contribution in [-0.2, 0) is 52.2 Å². The van der Waals surface area contributed by atoms with E-state index < -0.39 is 90.8 Å². The maximum absolute atomic E-state index is 14.4. The van der Waals surface area contributed by atoms with E-state index in [2.05, 4.69) is 40.7 Å². The van der Waals surface area contributed by atoms with Gasteiger partial charge in [-0.15, -0.1) is 0 Å². The molecule has 5 fully saturated rings. The number of methoxy groups -OCH3 is 2. The standard InChI is InChI=1S/C48H74O14/c1-11-25(2)43-28(5)17-18-47(62-43)23-34-20-33(61-47)16-15-27(4)42(26(3)13-12-14-32-24-55-45-40(49)29(6)19-35(46(51)58-34)48(32,45)52)59-39-22-37(54-10)44(31(8)57-39)60-38-21-36(53-9)41(50)30(7)56-38/h12-15,19,25-26,28,30-31,33-45,49-50,52H,11,16-18,20-24H2,1-10H3/b13-12+,27-15?,32-14+. The minimum absolute atomic E-state index is 0.00708. The van der Waals surface area contributed by atoms with Crippen molar-refractivity contribution in [3.63, 3.8) is 0 Å². The quantitative estimate of drug-likeness (QED) is 0.204. The van der Waals surface area contributed by atoms with Gasteiger partial charge in [-0.05, 0) is 69.1 Å². The van der Waals surface area contributed by atoms with E-state index in [0.717, 1.165) is 18.4 Å². The number of rotatable bonds is 8. The van der Waals surface area contributed by atoms with E-state index >= 15 is 0 Å². The van der Waals surface area contributed by atoms with Gasteiger partial charge in [-0.25, -0.2) is 0 Å². The van der Waals surface area contributed by atoms with Crippen LogP contribution in [0.1, 0.15) is 107 Å². The van der Waals surface area contributed by atoms with Crippen LogP contribution >= 0.6 is 0 Å². The summed E-state index contributed by atoms with van der Waals surface area (Å²) in [6.07, 6.45) is 6.53. The third-order valence-electron chi connectivity index (χ3n) is 14.9. The van der Waals surface area contributed by atoms with Crippen molar-refractivity contribution in [2.75, 3.05) is 20.8 Å². The van der Waals surface area contributed by atoms with E-state index in [1.165, 1.54) is 0 Å². The summed E-state index contributed by atoms with van der Waals surface area (Å²) in [6.45, 7) is 16.3. The molecule has 1 spiro atoms. The largest absolute Gasteiger partial charge is 0.462 e. The van der Waals surface area contributed by atoms with Crippen LogP contribution in [0.5, 0.6) is 0 Å². The first-order valence-corrected chi connectivity index (χ1v) is 23.2. The monoisotopic (exact) mass is 875 g/mol. The highest BCUT2D eigenvalue weighted by atomic mass is 16.7. The first-order valence-electron chi connectivity index (χ1n) is 23.2. The Bertz CT molecular complexity index is 1680. The van der Waals surface area contributed by atoms with Gasteiger partial charge in [0, 0.05) is 52.2 Å². The maximum atomic E-state index is 14.4. The molecule has 6 aliphatic heterocycles. The first kappa shape index (κ1) is 47.9. The normalized spacial score (nSPS) is 48.6. The number of esters is 1. The summed E-state index contributed by atoms with van der Waals surface area (Å²) < 4.78 is 63.9. The molecule has 62 heavy (non-hydrogen) atoms. The Morgan fingerprint density at radius 1 is 0.919 bits per heavy atom. The molecule has 0 aromatic carbocycles. The fraction of sp³-hybridized carbons (Fsp3) is 0.812. The van der Waals surface area contributed by atoms with Gasteiger partial charge in [0.05, 0.1) is 49.3 Å². The molecule has 20 unspecified atom stereocenters. The topological polar surface area (TPSA) is 170 Å². The van der Waals surface area contributed by atoms with Gasteiger partial charge in [-0.3, -0.25) is 4.79 Å². The Kier molecular flexibility index (Phi) is 15.3. The summed E-state index contributed by atoms with van der Waals surface area (Å²) in [7, 11) is 3.23. The molecule has 7 aliphatic rings. The Hall–Kier alpha value is -2.05. The number of carbonyl (C=O) groups is 1. The predicted molar refractivity (Wildman–Crippen MR) is 227 cm³/mol. The molecule has 5 saturated heterocycles. The molecule has 14 nitrogen and oxygen atoms in total. The van der Waals surface area contributed by atoms with Crippen molar-refractivity contribution in [2.45, 2.75) is 204 Å². The molecular formula is C48H74O14. The summed E-state index contributed by atoms with van der Waals surface area (Å²) >= 11 is 0. The Balaban J connectivity index is 1.18. The summed E-state index contributed by atoms with van der Waals surface area (Å²) in [6, 6.07) is 0. The molecule has 0 aromatic rings. The highest BCUT2D eigenvalue weighted by Crippen LogP contribution is 2.48. The molecule has 20 atom stereocenters. The van der Waals surface area contributed by atoms with Crippen LogP contribution in [0, 0.1) is 23.7 Å². The highest BCUT2D eigenvalue weighted by molar-refractivity contribution is 5.78. The Morgan fingerprint density at radius 3 is 2.35 bits per heavy atom. The van der Waals surface area contributed by atoms with Crippen LogP contribution in [0.3, 0.4) is 0 Å². The van der Waals surface area contributed by atoms with Crippen molar-refractivity contribution in [1.82, 2.24) is 0 Å². The summed E-state index contributed by atoms with van der Waals surface area (Å²) in [4.78, 5) is 14.4. The average molecular weight is 875 g/mol. The number of aliphatic hydroxyl groups excluding tert-OH is 2. The lowest BCUT2D eigenvalue weighted by atomic mass is 9.71. The lowest BCUT2D eigenvalue weighted by Gasteiger charge is -2.51. The van der Waals surface area contributed by atoms with E-state index in [-0.39, 0.29) is 30.8 Å². The van der Waals surface area contributed by atoms with Crippen molar-refractivity contribution < 1.29 is 67.5 Å². The van der Waals surface area contributed by atoms with E-state index in [4.69, 9.17) is 47.4 Å². The van der Waals surface area contributed by atoms with Crippen LogP contribution < -0.4 is 0 Å². The molecule has 0 radical (unpaired) electrons. The molecule has 3 N–H and O–H groups in total. The van der Waals surface area contributed by atoms with Crippen LogP contribution in [0.25, 0.3) is 0 Å². The van der Waals surface area contributed by atoms with Crippen molar-refractivity contribution in [2.24, 2.45) is 23.7 Å². The molecule has 2 bridgehead atoms. The predicted octanol–water partition coefficient (Wildman–Crippen LogP) is 5.60. The lowest BCUT2D eigenvalue weighted by Crippen LogP contribution is -2.58. The van der Waals surface area contributed by atoms with Crippen LogP contribution in [0.2, 0.25) is 0 Å². The second-order valence-corrected chi connectivity index (χ2v) is 19.4. The van der Waals surface area contributed by atoms with Gasteiger partial charge in [-0.2, -0.15) is 0 Å². The van der Waals surface area contributed by atoms with E-state index in [9.17, 15) is 20.1 Å². The molecule has 0 aromatic heterocycles. The van der Waals surface area contributed by atoms with Crippen molar-refractivity contribution in [1.29, 1.82) is 0 Å². The van der Waals surface area contributed by atoms with E-state index in [1.54, 1.807) is 40.2 Å². The first-order chi connectivity index (χ1) is 29.5. The summed E-state index contributed by atoms with van der Waals surface area (Å²) in [5.41, 5.74) is 0.188. The molecule has 1 aliphatic carbocycles. The number of carbonyl (C=O) groups excluding carboxylic acids is 1. The third-order valence-corrected chi connectivity index (χ3v) is 14.9. The van der Waals surface area contributed by atoms with Crippen molar-refractivity contribution in [3.05, 3.63) is 47.1 Å². The van der Waals surface area contributed by atoms with Crippen LogP contribution in [0.4, 0.5) is 0 Å². The zero-order chi connectivity index (χ0) is 44.7. The zero-order valence-electron chi connectivity index (χ0n) is 38.5. The minimum Gasteiger partial charge on any atom is -0.462 e. The number of allylic oxidation sites excluding steroid dienone is 2. The number of aliphatic hydroxyl groups is 3. The lowest BCUT2D eigenvalue weighted by molar-refractivity contribution is -0.340. The van der Waals surface area contributed by atoms with Crippen LogP contribution in [-0.4, -0.2) is 139 Å². The van der Waals surface area contributed by atoms with Gasteiger partial charge in [0.1, 0.15) is 42.0 Å². The number of hydrogen-bond donors (Lipinski definition) is 3. The zero-order valence-corrected chi connectivity index (χ0v) is 38.5. The smallest absolute Gasteiger partial charge is 0.316 e. The number of fused-ring (bicyclic) bond motifs is 2. The second-order valence-electron chi connectivity index (χ2n) is 19.4. The molecule has 14 heteroatoms. The van der Waals surface area contributed by atoms with Crippen LogP contribution in [0.15, 0.2) is 47.1 Å². The SMILES string of the molecule is CCC(C)C1OC2(CCC1C)CC1CC(CC=C(C)C(OC3CC(OC)C(OC4CC(OC)C(O)C(C)O4)C(C)O3)C(C)/C=C/C=C3\COC4C(O)C(C)=CC(C(=O)O1)C34O)O2. The van der Waals surface area contributed by atoms with Gasteiger partial charge in [-0.1, -0.05) is 64.5 Å². The summed E-state index contributed by atoms with van der Waals surface area (Å²) in [5.74, 6) is -2.10. The Morgan fingerprint density at radius 2 is 1.63 bits per heavy atom. The fourth-order valence-corrected chi connectivity index (χ4v) is 11.0. The van der Waals surface area contributed by atoms with Gasteiger partial charge in [0.25, 0.3) is 0 Å². The fourth-order valence-electron chi connectivity index (χ4n) is 11.0. The van der Waals surface area contributed by atoms with E-state index in [0.29, 0.717) is 61.5 Å². The number of ether oxygens (including phenoxy) is 10. The maximum Gasteiger partial charge on any atom is 0.316 e.